The molecule has 0 spiro atoms. The van der Waals surface area contributed by atoms with Gasteiger partial charge in [-0.3, -0.25) is 9.59 Å². The molecule has 3 rings (SSSR count). The molecule has 24 heavy (non-hydrogen) atoms. The van der Waals surface area contributed by atoms with Gasteiger partial charge in [-0.2, -0.15) is 0 Å². The number of benzene rings is 1. The summed E-state index contributed by atoms with van der Waals surface area (Å²) in [5, 5.41) is 12.2. The summed E-state index contributed by atoms with van der Waals surface area (Å²) in [4.78, 5) is 28.3. The van der Waals surface area contributed by atoms with Crippen molar-refractivity contribution in [1.82, 2.24) is 14.9 Å². The summed E-state index contributed by atoms with van der Waals surface area (Å²) in [7, 11) is 1.94. The minimum Gasteiger partial charge on any atom is -0.481 e. The average Bonchev–Trinajstić information content (AvgIpc) is 2.92. The van der Waals surface area contributed by atoms with Crippen molar-refractivity contribution >= 4 is 22.9 Å². The van der Waals surface area contributed by atoms with Gasteiger partial charge in [0.2, 0.25) is 5.91 Å². The van der Waals surface area contributed by atoms with Gasteiger partial charge in [0.1, 0.15) is 5.82 Å². The van der Waals surface area contributed by atoms with Crippen molar-refractivity contribution in [1.29, 1.82) is 0 Å². The Morgan fingerprint density at radius 2 is 2.00 bits per heavy atom. The van der Waals surface area contributed by atoms with Gasteiger partial charge in [0.05, 0.1) is 23.0 Å². The van der Waals surface area contributed by atoms with E-state index in [2.05, 4.69) is 10.3 Å². The molecule has 1 aliphatic carbocycles. The SMILES string of the molecule is CC(NC(=O)C1CCCC(C(=O)O)C1)c1nc2ccccc2n1C. The monoisotopic (exact) mass is 329 g/mol. The number of hydrogen-bond acceptors (Lipinski definition) is 3. The number of amides is 1. The van der Waals surface area contributed by atoms with E-state index in [1.54, 1.807) is 0 Å². The maximum Gasteiger partial charge on any atom is 0.306 e. The second kappa shape index (κ2) is 6.63. The highest BCUT2D eigenvalue weighted by Crippen LogP contribution is 2.30. The Bertz CT molecular complexity index is 768. The minimum atomic E-state index is -0.795. The van der Waals surface area contributed by atoms with Gasteiger partial charge >= 0.3 is 5.97 Å². The molecule has 1 aromatic carbocycles. The van der Waals surface area contributed by atoms with E-state index in [9.17, 15) is 9.59 Å². The van der Waals surface area contributed by atoms with E-state index >= 15 is 0 Å². The van der Waals surface area contributed by atoms with Gasteiger partial charge in [-0.25, -0.2) is 4.98 Å². The topological polar surface area (TPSA) is 84.2 Å². The largest absolute Gasteiger partial charge is 0.481 e. The molecule has 0 bridgehead atoms. The predicted octanol–water partition coefficient (Wildman–Crippen LogP) is 2.64. The normalized spacial score (nSPS) is 22.2. The number of nitrogens with one attached hydrogen (secondary N) is 1. The molecule has 1 saturated carbocycles. The molecule has 0 aliphatic heterocycles. The maximum atomic E-state index is 12.5. The first-order valence-electron chi connectivity index (χ1n) is 8.42. The van der Waals surface area contributed by atoms with E-state index in [1.807, 2.05) is 42.8 Å². The average molecular weight is 329 g/mol. The van der Waals surface area contributed by atoms with E-state index in [4.69, 9.17) is 5.11 Å². The van der Waals surface area contributed by atoms with Gasteiger partial charge in [0.15, 0.2) is 0 Å². The number of carboxylic acids is 1. The fourth-order valence-electron chi connectivity index (χ4n) is 3.60. The molecule has 2 aromatic rings. The zero-order valence-corrected chi connectivity index (χ0v) is 14.0. The van der Waals surface area contributed by atoms with Crippen LogP contribution in [0.4, 0.5) is 0 Å². The summed E-state index contributed by atoms with van der Waals surface area (Å²) in [5.74, 6) is -0.691. The molecule has 2 N–H and O–H groups in total. The number of fused-ring (bicyclic) bond motifs is 1. The Hall–Kier alpha value is -2.37. The lowest BCUT2D eigenvalue weighted by molar-refractivity contribution is -0.144. The minimum absolute atomic E-state index is 0.0690. The molecule has 3 atom stereocenters. The highest BCUT2D eigenvalue weighted by Gasteiger charge is 2.32. The Labute approximate surface area is 140 Å². The molecule has 1 aliphatic rings. The van der Waals surface area contributed by atoms with Gasteiger partial charge < -0.3 is 15.0 Å². The molecular formula is C18H23N3O3. The predicted molar refractivity (Wildman–Crippen MR) is 90.4 cm³/mol. The number of imidazole rings is 1. The molecule has 1 fully saturated rings. The molecule has 1 heterocycles. The number of hydrogen-bond donors (Lipinski definition) is 2. The van der Waals surface area contributed by atoms with Crippen LogP contribution in [0, 0.1) is 11.8 Å². The van der Waals surface area contributed by atoms with Crippen LogP contribution < -0.4 is 5.32 Å². The lowest BCUT2D eigenvalue weighted by Gasteiger charge is -2.27. The van der Waals surface area contributed by atoms with Crippen LogP contribution in [-0.4, -0.2) is 26.5 Å². The molecule has 6 nitrogen and oxygen atoms in total. The first-order chi connectivity index (χ1) is 11.5. The summed E-state index contributed by atoms with van der Waals surface area (Å²) >= 11 is 0. The third-order valence-electron chi connectivity index (χ3n) is 4.96. The molecular weight excluding hydrogens is 306 g/mol. The van der Waals surface area contributed by atoms with Crippen molar-refractivity contribution in [2.24, 2.45) is 18.9 Å². The van der Waals surface area contributed by atoms with Crippen LogP contribution in [0.3, 0.4) is 0 Å². The van der Waals surface area contributed by atoms with Gasteiger partial charge in [-0.1, -0.05) is 18.6 Å². The van der Waals surface area contributed by atoms with E-state index in [0.717, 1.165) is 29.7 Å². The highest BCUT2D eigenvalue weighted by atomic mass is 16.4. The number of carboxylic acid groups (broad SMARTS) is 1. The summed E-state index contributed by atoms with van der Waals surface area (Å²) in [6.07, 6.45) is 2.64. The maximum absolute atomic E-state index is 12.5. The van der Waals surface area contributed by atoms with Crippen LogP contribution in [0.15, 0.2) is 24.3 Å². The first-order valence-corrected chi connectivity index (χ1v) is 8.42. The van der Waals surface area contributed by atoms with E-state index < -0.39 is 11.9 Å². The number of aromatic nitrogens is 2. The number of para-hydroxylation sites is 2. The summed E-state index contributed by atoms with van der Waals surface area (Å²) in [6, 6.07) is 7.63. The highest BCUT2D eigenvalue weighted by molar-refractivity contribution is 5.81. The first kappa shape index (κ1) is 16.5. The van der Waals surface area contributed by atoms with Crippen molar-refractivity contribution in [2.75, 3.05) is 0 Å². The van der Waals surface area contributed by atoms with Gasteiger partial charge in [-0.15, -0.1) is 0 Å². The fourth-order valence-corrected chi connectivity index (χ4v) is 3.60. The van der Waals surface area contributed by atoms with Gasteiger partial charge in [-0.05, 0) is 38.3 Å². The number of nitrogens with zero attached hydrogens (tertiary/aromatic N) is 2. The summed E-state index contributed by atoms with van der Waals surface area (Å²) in [6.45, 7) is 1.91. The van der Waals surface area contributed by atoms with Crippen molar-refractivity contribution in [3.63, 3.8) is 0 Å². The molecule has 6 heteroatoms. The van der Waals surface area contributed by atoms with E-state index in [1.165, 1.54) is 0 Å². The zero-order chi connectivity index (χ0) is 17.3. The standard InChI is InChI=1S/C18H23N3O3/c1-11(16-20-14-8-3-4-9-15(14)21(16)2)19-17(22)12-6-5-7-13(10-12)18(23)24/h3-4,8-9,11-13H,5-7,10H2,1-2H3,(H,19,22)(H,23,24). The van der Waals surface area contributed by atoms with E-state index in [-0.39, 0.29) is 17.9 Å². The number of rotatable bonds is 4. The van der Waals surface area contributed by atoms with Crippen LogP contribution in [0.5, 0.6) is 0 Å². The number of carbonyl (C=O) groups is 2. The lowest BCUT2D eigenvalue weighted by atomic mass is 9.81. The molecule has 128 valence electrons. The molecule has 0 saturated heterocycles. The second-order valence-electron chi connectivity index (χ2n) is 6.65. The lowest BCUT2D eigenvalue weighted by Crippen LogP contribution is -2.37. The smallest absolute Gasteiger partial charge is 0.306 e. The molecule has 1 aromatic heterocycles. The van der Waals surface area contributed by atoms with Crippen LogP contribution in [-0.2, 0) is 16.6 Å². The third-order valence-corrected chi connectivity index (χ3v) is 4.96. The van der Waals surface area contributed by atoms with Crippen LogP contribution >= 0.6 is 0 Å². The quantitative estimate of drug-likeness (QED) is 0.903. The van der Waals surface area contributed by atoms with Gasteiger partial charge in [0, 0.05) is 13.0 Å². The van der Waals surface area contributed by atoms with Crippen molar-refractivity contribution in [3.05, 3.63) is 30.1 Å². The van der Waals surface area contributed by atoms with Crippen LogP contribution in [0.1, 0.15) is 44.5 Å². The molecule has 0 radical (unpaired) electrons. The number of aryl methyl sites for hydroxylation is 1. The molecule has 3 unspecified atom stereocenters. The third kappa shape index (κ3) is 3.13. The van der Waals surface area contributed by atoms with Crippen molar-refractivity contribution < 1.29 is 14.7 Å². The fraction of sp³-hybridized carbons (Fsp3) is 0.500. The summed E-state index contributed by atoms with van der Waals surface area (Å²) in [5.41, 5.74) is 1.93. The Morgan fingerprint density at radius 3 is 2.71 bits per heavy atom. The number of aliphatic carboxylic acids is 1. The van der Waals surface area contributed by atoms with Crippen molar-refractivity contribution in [2.45, 2.75) is 38.6 Å². The number of carbonyl (C=O) groups excluding carboxylic acids is 1. The molecule has 1 amide bonds. The summed E-state index contributed by atoms with van der Waals surface area (Å²) < 4.78 is 1.99. The Morgan fingerprint density at radius 1 is 1.29 bits per heavy atom. The Balaban J connectivity index is 1.71. The Kier molecular flexibility index (Phi) is 4.55. The van der Waals surface area contributed by atoms with Crippen molar-refractivity contribution in [3.8, 4) is 0 Å². The van der Waals surface area contributed by atoms with Gasteiger partial charge in [0.25, 0.3) is 0 Å². The van der Waals surface area contributed by atoms with E-state index in [0.29, 0.717) is 12.8 Å². The zero-order valence-electron chi connectivity index (χ0n) is 14.0. The van der Waals surface area contributed by atoms with Crippen LogP contribution in [0.2, 0.25) is 0 Å². The second-order valence-corrected chi connectivity index (χ2v) is 6.65. The van der Waals surface area contributed by atoms with Crippen LogP contribution in [0.25, 0.3) is 11.0 Å².